The predicted molar refractivity (Wildman–Crippen MR) is 95.8 cm³/mol. The van der Waals surface area contributed by atoms with Crippen molar-refractivity contribution in [3.63, 3.8) is 0 Å². The average molecular weight is 374 g/mol. The number of urea groups is 1. The first kappa shape index (κ1) is 18.9. The molecule has 0 radical (unpaired) electrons. The molecule has 7 nitrogen and oxygen atoms in total. The Morgan fingerprint density at radius 3 is 2.48 bits per heavy atom. The van der Waals surface area contributed by atoms with E-state index in [0.29, 0.717) is 32.8 Å². The molecule has 3 heterocycles. The summed E-state index contributed by atoms with van der Waals surface area (Å²) in [6.45, 7) is 8.05. The molecule has 3 aliphatic rings. The van der Waals surface area contributed by atoms with Crippen LogP contribution >= 0.6 is 0 Å². The van der Waals surface area contributed by atoms with Crippen LogP contribution in [0.1, 0.15) is 39.5 Å². The van der Waals surface area contributed by atoms with Crippen molar-refractivity contribution < 1.29 is 17.9 Å². The lowest BCUT2D eigenvalue weighted by atomic mass is 9.72. The van der Waals surface area contributed by atoms with Crippen LogP contribution in [0.4, 0.5) is 4.79 Å². The maximum absolute atomic E-state index is 12.7. The molecule has 0 aromatic heterocycles. The standard InChI is InChI=1S/C17H31N3O4S/c1-14(2)25(22,23)20-12-15(17(13-20)5-9-24-10-6-17)11-18-16(21)19-7-3-4-8-19/h14-15H,3-13H2,1-2H3,(H,18,21). The molecular formula is C17H31N3O4S. The second kappa shape index (κ2) is 7.40. The summed E-state index contributed by atoms with van der Waals surface area (Å²) in [6, 6.07) is -0.00937. The molecule has 3 aliphatic heterocycles. The summed E-state index contributed by atoms with van der Waals surface area (Å²) in [6.07, 6.45) is 3.86. The minimum absolute atomic E-state index is 0.00937. The molecule has 144 valence electrons. The fourth-order valence-corrected chi connectivity index (χ4v) is 5.77. The minimum atomic E-state index is -3.27. The van der Waals surface area contributed by atoms with Gasteiger partial charge in [0.1, 0.15) is 0 Å². The molecule has 1 spiro atoms. The number of hydrogen-bond donors (Lipinski definition) is 1. The Bertz CT molecular complexity index is 581. The first-order chi connectivity index (χ1) is 11.8. The lowest BCUT2D eigenvalue weighted by Crippen LogP contribution is -2.45. The predicted octanol–water partition coefficient (Wildman–Crippen LogP) is 1.26. The number of amides is 2. The van der Waals surface area contributed by atoms with Gasteiger partial charge in [0, 0.05) is 45.9 Å². The molecule has 0 aromatic carbocycles. The summed E-state index contributed by atoms with van der Waals surface area (Å²) in [5.74, 6) is 0.150. The zero-order valence-corrected chi connectivity index (χ0v) is 16.2. The van der Waals surface area contributed by atoms with Gasteiger partial charge < -0.3 is 15.0 Å². The molecule has 25 heavy (non-hydrogen) atoms. The number of ether oxygens (including phenoxy) is 1. The van der Waals surface area contributed by atoms with E-state index < -0.39 is 15.3 Å². The van der Waals surface area contributed by atoms with Gasteiger partial charge in [-0.05, 0) is 50.9 Å². The Balaban J connectivity index is 1.69. The molecular weight excluding hydrogens is 342 g/mol. The molecule has 0 bridgehead atoms. The topological polar surface area (TPSA) is 79.0 Å². The van der Waals surface area contributed by atoms with E-state index in [1.165, 1.54) is 0 Å². The summed E-state index contributed by atoms with van der Waals surface area (Å²) >= 11 is 0. The molecule has 1 unspecified atom stereocenters. The van der Waals surface area contributed by atoms with Crippen LogP contribution in [0.2, 0.25) is 0 Å². The van der Waals surface area contributed by atoms with E-state index in [2.05, 4.69) is 5.32 Å². The molecule has 3 fully saturated rings. The highest BCUT2D eigenvalue weighted by Crippen LogP contribution is 2.45. The van der Waals surface area contributed by atoms with E-state index in [4.69, 9.17) is 4.74 Å². The van der Waals surface area contributed by atoms with E-state index in [1.807, 2.05) is 4.90 Å². The summed E-state index contributed by atoms with van der Waals surface area (Å²) in [4.78, 5) is 14.2. The summed E-state index contributed by atoms with van der Waals surface area (Å²) in [7, 11) is -3.27. The Kier molecular flexibility index (Phi) is 5.60. The van der Waals surface area contributed by atoms with Crippen LogP contribution in [-0.4, -0.2) is 74.8 Å². The van der Waals surface area contributed by atoms with E-state index in [0.717, 1.165) is 38.8 Å². The second-order valence-electron chi connectivity index (χ2n) is 7.94. The molecule has 0 aromatic rings. The normalized spacial score (nSPS) is 27.3. The van der Waals surface area contributed by atoms with Gasteiger partial charge in [-0.2, -0.15) is 0 Å². The van der Waals surface area contributed by atoms with E-state index in [9.17, 15) is 13.2 Å². The van der Waals surface area contributed by atoms with Crippen LogP contribution in [-0.2, 0) is 14.8 Å². The second-order valence-corrected chi connectivity index (χ2v) is 10.4. The van der Waals surface area contributed by atoms with Crippen molar-refractivity contribution in [3.05, 3.63) is 0 Å². The Labute approximate surface area is 151 Å². The van der Waals surface area contributed by atoms with Gasteiger partial charge in [-0.25, -0.2) is 17.5 Å². The monoisotopic (exact) mass is 373 g/mol. The van der Waals surface area contributed by atoms with Gasteiger partial charge in [-0.1, -0.05) is 0 Å². The summed E-state index contributed by atoms with van der Waals surface area (Å²) < 4.78 is 32.5. The first-order valence-corrected chi connectivity index (χ1v) is 10.9. The number of rotatable bonds is 4. The Hall–Kier alpha value is -0.860. The third-order valence-electron chi connectivity index (χ3n) is 6.12. The number of nitrogens with zero attached hydrogens (tertiary/aromatic N) is 2. The number of hydrogen-bond acceptors (Lipinski definition) is 4. The van der Waals surface area contributed by atoms with Gasteiger partial charge >= 0.3 is 6.03 Å². The number of sulfonamides is 1. The van der Waals surface area contributed by atoms with Crippen molar-refractivity contribution in [2.24, 2.45) is 11.3 Å². The average Bonchev–Trinajstić information content (AvgIpc) is 3.22. The van der Waals surface area contributed by atoms with Crippen LogP contribution in [0.5, 0.6) is 0 Å². The van der Waals surface area contributed by atoms with Gasteiger partial charge in [-0.15, -0.1) is 0 Å². The van der Waals surface area contributed by atoms with Gasteiger partial charge in [0.15, 0.2) is 0 Å². The molecule has 3 saturated heterocycles. The Morgan fingerprint density at radius 1 is 1.24 bits per heavy atom. The Morgan fingerprint density at radius 2 is 1.88 bits per heavy atom. The van der Waals surface area contributed by atoms with Crippen LogP contribution in [0.15, 0.2) is 0 Å². The van der Waals surface area contributed by atoms with Crippen LogP contribution in [0, 0.1) is 11.3 Å². The maximum atomic E-state index is 12.7. The van der Waals surface area contributed by atoms with E-state index >= 15 is 0 Å². The number of carbonyl (C=O) groups excluding carboxylic acids is 1. The zero-order chi connectivity index (χ0) is 18.1. The number of likely N-dealkylation sites (tertiary alicyclic amines) is 1. The fraction of sp³-hybridized carbons (Fsp3) is 0.941. The molecule has 1 N–H and O–H groups in total. The molecule has 3 rings (SSSR count). The summed E-state index contributed by atoms with van der Waals surface area (Å²) in [5.41, 5.74) is -0.0709. The van der Waals surface area contributed by atoms with Gasteiger partial charge in [0.05, 0.1) is 5.25 Å². The van der Waals surface area contributed by atoms with Crippen molar-refractivity contribution in [1.29, 1.82) is 0 Å². The van der Waals surface area contributed by atoms with Crippen LogP contribution < -0.4 is 5.32 Å². The third kappa shape index (κ3) is 3.80. The van der Waals surface area contributed by atoms with Crippen molar-refractivity contribution in [1.82, 2.24) is 14.5 Å². The largest absolute Gasteiger partial charge is 0.381 e. The lowest BCUT2D eigenvalue weighted by molar-refractivity contribution is 0.00175. The molecule has 1 atom stereocenters. The van der Waals surface area contributed by atoms with Crippen molar-refractivity contribution in [2.75, 3.05) is 45.9 Å². The quantitative estimate of drug-likeness (QED) is 0.805. The highest BCUT2D eigenvalue weighted by atomic mass is 32.2. The summed E-state index contributed by atoms with van der Waals surface area (Å²) in [5, 5.41) is 2.65. The van der Waals surface area contributed by atoms with Gasteiger partial charge in [0.25, 0.3) is 0 Å². The SMILES string of the molecule is CC(C)S(=O)(=O)N1CC(CNC(=O)N2CCCC2)C2(CCOCC2)C1. The van der Waals surface area contributed by atoms with Gasteiger partial charge in [0.2, 0.25) is 10.0 Å². The van der Waals surface area contributed by atoms with E-state index in [1.54, 1.807) is 18.2 Å². The zero-order valence-electron chi connectivity index (χ0n) is 15.4. The number of nitrogens with one attached hydrogen (secondary N) is 1. The van der Waals surface area contributed by atoms with Gasteiger partial charge in [-0.3, -0.25) is 0 Å². The maximum Gasteiger partial charge on any atom is 0.317 e. The molecule has 0 saturated carbocycles. The van der Waals surface area contributed by atoms with E-state index in [-0.39, 0.29) is 17.4 Å². The smallest absolute Gasteiger partial charge is 0.317 e. The highest BCUT2D eigenvalue weighted by Gasteiger charge is 2.50. The third-order valence-corrected chi connectivity index (χ3v) is 8.31. The highest BCUT2D eigenvalue weighted by molar-refractivity contribution is 7.89. The number of carbonyl (C=O) groups is 1. The van der Waals surface area contributed by atoms with Crippen LogP contribution in [0.25, 0.3) is 0 Å². The molecule has 8 heteroatoms. The molecule has 0 aliphatic carbocycles. The minimum Gasteiger partial charge on any atom is -0.381 e. The fourth-order valence-electron chi connectivity index (χ4n) is 4.34. The first-order valence-electron chi connectivity index (χ1n) is 9.45. The lowest BCUT2D eigenvalue weighted by Gasteiger charge is -2.38. The van der Waals surface area contributed by atoms with Crippen LogP contribution in [0.3, 0.4) is 0 Å². The van der Waals surface area contributed by atoms with Crippen molar-refractivity contribution in [2.45, 2.75) is 44.8 Å². The molecule has 2 amide bonds. The van der Waals surface area contributed by atoms with Crippen molar-refractivity contribution >= 4 is 16.1 Å². The van der Waals surface area contributed by atoms with Crippen molar-refractivity contribution in [3.8, 4) is 0 Å².